The molecular weight excluding hydrogens is 466 g/mol. The highest BCUT2D eigenvalue weighted by Gasteiger charge is 2.47. The summed E-state index contributed by atoms with van der Waals surface area (Å²) < 4.78 is 0.841. The third-order valence-corrected chi connectivity index (χ3v) is 5.77. The topological polar surface area (TPSA) is 57.6 Å². The van der Waals surface area contributed by atoms with Crippen LogP contribution in [0, 0.1) is 6.92 Å². The van der Waals surface area contributed by atoms with E-state index in [-0.39, 0.29) is 11.3 Å². The van der Waals surface area contributed by atoms with Gasteiger partial charge < -0.3 is 5.11 Å². The van der Waals surface area contributed by atoms with Gasteiger partial charge in [0.15, 0.2) is 0 Å². The number of Topliss-reactive ketones (excluding diaryl/α,β-unsaturated/α-hetero) is 1. The Morgan fingerprint density at radius 1 is 1.00 bits per heavy atom. The minimum Gasteiger partial charge on any atom is -0.507 e. The molecule has 1 heterocycles. The van der Waals surface area contributed by atoms with Crippen LogP contribution in [-0.2, 0) is 9.59 Å². The molecule has 150 valence electrons. The standard InChI is InChI=1S/C24H17BrClNO3/c1-14-4-2-5-16(12-14)21-20(22(28)15-8-10-17(25)11-9-15)23(29)24(30)27(21)19-7-3-6-18(26)13-19/h2-13,21,28H,1H3/b22-20+. The third-order valence-electron chi connectivity index (χ3n) is 5.01. The number of hydrogen-bond acceptors (Lipinski definition) is 3. The van der Waals surface area contributed by atoms with Gasteiger partial charge in [-0.3, -0.25) is 14.5 Å². The van der Waals surface area contributed by atoms with Crippen molar-refractivity contribution in [3.05, 3.63) is 105 Å². The molecule has 1 N–H and O–H groups in total. The number of anilines is 1. The summed E-state index contributed by atoms with van der Waals surface area (Å²) >= 11 is 9.51. The maximum atomic E-state index is 13.1. The highest BCUT2D eigenvalue weighted by molar-refractivity contribution is 9.10. The van der Waals surface area contributed by atoms with Crippen molar-refractivity contribution in [2.45, 2.75) is 13.0 Å². The average molecular weight is 483 g/mol. The first kappa shape index (κ1) is 20.4. The SMILES string of the molecule is Cc1cccc(C2/C(=C(\O)c3ccc(Br)cc3)C(=O)C(=O)N2c2cccc(Cl)c2)c1. The first-order chi connectivity index (χ1) is 14.4. The molecule has 1 fully saturated rings. The summed E-state index contributed by atoms with van der Waals surface area (Å²) in [6.07, 6.45) is 0. The van der Waals surface area contributed by atoms with E-state index >= 15 is 0 Å². The van der Waals surface area contributed by atoms with Crippen molar-refractivity contribution in [1.29, 1.82) is 0 Å². The minimum absolute atomic E-state index is 0.0490. The van der Waals surface area contributed by atoms with Crippen molar-refractivity contribution in [1.82, 2.24) is 0 Å². The number of nitrogens with zero attached hydrogens (tertiary/aromatic N) is 1. The number of carbonyl (C=O) groups is 2. The number of hydrogen-bond donors (Lipinski definition) is 1. The molecule has 1 aliphatic rings. The summed E-state index contributed by atoms with van der Waals surface area (Å²) in [5.41, 5.74) is 2.71. The maximum Gasteiger partial charge on any atom is 0.300 e. The largest absolute Gasteiger partial charge is 0.507 e. The number of carbonyl (C=O) groups excluding carboxylic acids is 2. The van der Waals surface area contributed by atoms with Crippen LogP contribution in [0.5, 0.6) is 0 Å². The third kappa shape index (κ3) is 3.66. The first-order valence-corrected chi connectivity index (χ1v) is 10.4. The van der Waals surface area contributed by atoms with Gasteiger partial charge >= 0.3 is 0 Å². The van der Waals surface area contributed by atoms with Gasteiger partial charge in [-0.25, -0.2) is 0 Å². The van der Waals surface area contributed by atoms with E-state index in [2.05, 4.69) is 15.9 Å². The number of aliphatic hydroxyl groups is 1. The smallest absolute Gasteiger partial charge is 0.300 e. The molecule has 0 aliphatic carbocycles. The number of aryl methyl sites for hydroxylation is 1. The van der Waals surface area contributed by atoms with Crippen LogP contribution < -0.4 is 4.90 Å². The highest BCUT2D eigenvalue weighted by Crippen LogP contribution is 2.42. The lowest BCUT2D eigenvalue weighted by Crippen LogP contribution is -2.29. The van der Waals surface area contributed by atoms with Crippen LogP contribution in [0.15, 0.2) is 82.8 Å². The van der Waals surface area contributed by atoms with E-state index in [9.17, 15) is 14.7 Å². The normalized spacial score (nSPS) is 18.1. The van der Waals surface area contributed by atoms with Crippen LogP contribution in [0.1, 0.15) is 22.7 Å². The molecule has 1 aliphatic heterocycles. The van der Waals surface area contributed by atoms with Crippen molar-refractivity contribution < 1.29 is 14.7 Å². The predicted octanol–water partition coefficient (Wildman–Crippen LogP) is 6.04. The lowest BCUT2D eigenvalue weighted by Gasteiger charge is -2.26. The number of amides is 1. The zero-order chi connectivity index (χ0) is 21.4. The molecule has 1 saturated heterocycles. The number of benzene rings is 3. The molecule has 1 atom stereocenters. The predicted molar refractivity (Wildman–Crippen MR) is 122 cm³/mol. The van der Waals surface area contributed by atoms with Crippen LogP contribution >= 0.6 is 27.5 Å². The Morgan fingerprint density at radius 3 is 2.37 bits per heavy atom. The molecular formula is C24H17BrClNO3. The van der Waals surface area contributed by atoms with Gasteiger partial charge in [0.2, 0.25) is 0 Å². The Kier molecular flexibility index (Phi) is 5.50. The molecule has 6 heteroatoms. The molecule has 3 aromatic carbocycles. The van der Waals surface area contributed by atoms with E-state index in [1.54, 1.807) is 48.5 Å². The Labute approximate surface area is 187 Å². The van der Waals surface area contributed by atoms with E-state index in [1.807, 2.05) is 31.2 Å². The molecule has 3 aromatic rings. The van der Waals surface area contributed by atoms with Gasteiger partial charge in [-0.2, -0.15) is 0 Å². The molecule has 0 aromatic heterocycles. The molecule has 0 radical (unpaired) electrons. The lowest BCUT2D eigenvalue weighted by atomic mass is 9.94. The summed E-state index contributed by atoms with van der Waals surface area (Å²) in [5.74, 6) is -1.65. The quantitative estimate of drug-likeness (QED) is 0.281. The van der Waals surface area contributed by atoms with Crippen LogP contribution in [0.4, 0.5) is 5.69 Å². The summed E-state index contributed by atoms with van der Waals surface area (Å²) in [5, 5.41) is 11.5. The molecule has 0 saturated carbocycles. The second-order valence-electron chi connectivity index (χ2n) is 7.07. The number of rotatable bonds is 3. The second-order valence-corrected chi connectivity index (χ2v) is 8.42. The zero-order valence-corrected chi connectivity index (χ0v) is 18.3. The average Bonchev–Trinajstić information content (AvgIpc) is 2.99. The van der Waals surface area contributed by atoms with Crippen molar-refractivity contribution in [2.24, 2.45) is 0 Å². The monoisotopic (exact) mass is 481 g/mol. The number of aliphatic hydroxyl groups excluding tert-OH is 1. The van der Waals surface area contributed by atoms with Gasteiger partial charge in [-0.1, -0.05) is 75.6 Å². The van der Waals surface area contributed by atoms with Crippen molar-refractivity contribution in [3.8, 4) is 0 Å². The van der Waals surface area contributed by atoms with Gasteiger partial charge in [0.25, 0.3) is 11.7 Å². The van der Waals surface area contributed by atoms with Crippen molar-refractivity contribution in [3.63, 3.8) is 0 Å². The number of halogens is 2. The molecule has 0 bridgehead atoms. The summed E-state index contributed by atoms with van der Waals surface area (Å²) in [6.45, 7) is 1.93. The van der Waals surface area contributed by atoms with Crippen LogP contribution in [0.3, 0.4) is 0 Å². The Hall–Kier alpha value is -2.89. The molecule has 4 nitrogen and oxygen atoms in total. The Morgan fingerprint density at radius 2 is 1.70 bits per heavy atom. The summed E-state index contributed by atoms with van der Waals surface area (Å²) in [6, 6.07) is 20.5. The fraction of sp³-hybridized carbons (Fsp3) is 0.0833. The fourth-order valence-corrected chi connectivity index (χ4v) is 4.09. The Balaban J connectivity index is 1.96. The first-order valence-electron chi connectivity index (χ1n) is 9.26. The van der Waals surface area contributed by atoms with Crippen LogP contribution in [-0.4, -0.2) is 16.8 Å². The second kappa shape index (κ2) is 8.09. The van der Waals surface area contributed by atoms with E-state index in [1.165, 1.54) is 4.90 Å². The van der Waals surface area contributed by atoms with Crippen molar-refractivity contribution in [2.75, 3.05) is 4.90 Å². The minimum atomic E-state index is -0.771. The van der Waals surface area contributed by atoms with Gasteiger partial charge in [0.1, 0.15) is 5.76 Å². The molecule has 30 heavy (non-hydrogen) atoms. The van der Waals surface area contributed by atoms with Gasteiger partial charge in [-0.15, -0.1) is 0 Å². The fourth-order valence-electron chi connectivity index (χ4n) is 3.64. The number of ketones is 1. The maximum absolute atomic E-state index is 13.1. The molecule has 4 rings (SSSR count). The summed E-state index contributed by atoms with van der Waals surface area (Å²) in [4.78, 5) is 27.5. The van der Waals surface area contributed by atoms with Gasteiger partial charge in [0.05, 0.1) is 11.6 Å². The van der Waals surface area contributed by atoms with Crippen molar-refractivity contribution >= 4 is 50.7 Å². The Bertz CT molecular complexity index is 1190. The van der Waals surface area contributed by atoms with E-state index in [0.29, 0.717) is 16.3 Å². The zero-order valence-electron chi connectivity index (χ0n) is 16.0. The van der Waals surface area contributed by atoms with Crippen LogP contribution in [0.25, 0.3) is 5.76 Å². The van der Waals surface area contributed by atoms with Crippen LogP contribution in [0.2, 0.25) is 5.02 Å². The highest BCUT2D eigenvalue weighted by atomic mass is 79.9. The molecule has 0 spiro atoms. The van der Waals surface area contributed by atoms with E-state index in [4.69, 9.17) is 11.6 Å². The molecule has 1 amide bonds. The van der Waals surface area contributed by atoms with E-state index in [0.717, 1.165) is 15.6 Å². The van der Waals surface area contributed by atoms with E-state index < -0.39 is 17.7 Å². The van der Waals surface area contributed by atoms with Gasteiger partial charge in [0, 0.05) is 20.7 Å². The lowest BCUT2D eigenvalue weighted by molar-refractivity contribution is -0.132. The summed E-state index contributed by atoms with van der Waals surface area (Å²) in [7, 11) is 0. The molecule has 1 unspecified atom stereocenters. The van der Waals surface area contributed by atoms with Gasteiger partial charge in [-0.05, 0) is 42.8 Å².